The van der Waals surface area contributed by atoms with E-state index in [-0.39, 0.29) is 11.5 Å². The molecule has 148 valence electrons. The maximum absolute atomic E-state index is 12.6. The van der Waals surface area contributed by atoms with Crippen LogP contribution in [0.1, 0.15) is 30.6 Å². The highest BCUT2D eigenvalue weighted by Crippen LogP contribution is 2.23. The fourth-order valence-electron chi connectivity index (χ4n) is 2.91. The number of aromatic nitrogens is 3. The molecule has 4 rings (SSSR count). The number of carbonyl (C=O) groups excluding carboxylic acids is 1. The van der Waals surface area contributed by atoms with Gasteiger partial charge in [0.05, 0.1) is 10.9 Å². The third-order valence-corrected chi connectivity index (χ3v) is 5.33. The minimum Gasteiger partial charge on any atom is -0.352 e. The number of para-hydroxylation sites is 1. The fourth-order valence-corrected chi connectivity index (χ4v) is 3.73. The lowest BCUT2D eigenvalue weighted by Crippen LogP contribution is -2.25. The summed E-state index contributed by atoms with van der Waals surface area (Å²) in [4.78, 5) is 29.8. The third kappa shape index (κ3) is 4.12. The number of anilines is 2. The van der Waals surface area contributed by atoms with Gasteiger partial charge in [-0.25, -0.2) is 4.98 Å². The zero-order valence-corrected chi connectivity index (χ0v) is 17.0. The number of carbonyl (C=O) groups is 1. The molecule has 0 aliphatic carbocycles. The molecule has 7 nitrogen and oxygen atoms in total. The number of fused-ring (bicyclic) bond motifs is 2. The zero-order chi connectivity index (χ0) is 20.4. The second kappa shape index (κ2) is 8.00. The van der Waals surface area contributed by atoms with Gasteiger partial charge in [-0.3, -0.25) is 9.59 Å². The van der Waals surface area contributed by atoms with Crippen molar-refractivity contribution in [2.75, 3.05) is 11.9 Å². The van der Waals surface area contributed by atoms with Gasteiger partial charge in [0.25, 0.3) is 11.5 Å². The number of amides is 1. The largest absolute Gasteiger partial charge is 0.352 e. The monoisotopic (exact) mass is 407 g/mol. The minimum absolute atomic E-state index is 0.0837. The van der Waals surface area contributed by atoms with Gasteiger partial charge in [0, 0.05) is 17.8 Å². The highest BCUT2D eigenvalue weighted by Gasteiger charge is 2.11. The average Bonchev–Trinajstić information content (AvgIpc) is 3.11. The SMILES string of the molecule is CC(C)CCNC(=O)c1ccc(Nc2nn3c(=O)c4ccccc4nc3s2)cc1. The second-order valence-corrected chi connectivity index (χ2v) is 8.13. The molecule has 0 saturated carbocycles. The molecule has 0 atom stereocenters. The maximum Gasteiger partial charge on any atom is 0.283 e. The quantitative estimate of drug-likeness (QED) is 0.507. The highest BCUT2D eigenvalue weighted by molar-refractivity contribution is 7.20. The van der Waals surface area contributed by atoms with Crippen molar-refractivity contribution in [2.24, 2.45) is 5.92 Å². The van der Waals surface area contributed by atoms with E-state index in [4.69, 9.17) is 0 Å². The Balaban J connectivity index is 1.51. The van der Waals surface area contributed by atoms with Crippen molar-refractivity contribution in [3.63, 3.8) is 0 Å². The molecule has 4 aromatic rings. The first kappa shape index (κ1) is 19.1. The predicted molar refractivity (Wildman–Crippen MR) is 116 cm³/mol. The van der Waals surface area contributed by atoms with Crippen LogP contribution in [0.3, 0.4) is 0 Å². The van der Waals surface area contributed by atoms with Crippen molar-refractivity contribution in [1.29, 1.82) is 0 Å². The van der Waals surface area contributed by atoms with Crippen LogP contribution in [0, 0.1) is 5.92 Å². The first-order valence-corrected chi connectivity index (χ1v) is 10.3. The summed E-state index contributed by atoms with van der Waals surface area (Å²) in [6, 6.07) is 14.4. The Kier molecular flexibility index (Phi) is 5.26. The van der Waals surface area contributed by atoms with Gasteiger partial charge in [0.15, 0.2) is 0 Å². The molecular weight excluding hydrogens is 386 g/mol. The lowest BCUT2D eigenvalue weighted by molar-refractivity contribution is 0.0952. The number of nitrogens with one attached hydrogen (secondary N) is 2. The first-order valence-electron chi connectivity index (χ1n) is 9.45. The van der Waals surface area contributed by atoms with Crippen LogP contribution in [0.15, 0.2) is 53.3 Å². The van der Waals surface area contributed by atoms with Crippen molar-refractivity contribution in [3.8, 4) is 0 Å². The second-order valence-electron chi connectivity index (χ2n) is 7.18. The maximum atomic E-state index is 12.6. The van der Waals surface area contributed by atoms with Crippen LogP contribution in [0.5, 0.6) is 0 Å². The van der Waals surface area contributed by atoms with Gasteiger partial charge in [-0.15, -0.1) is 5.10 Å². The topological polar surface area (TPSA) is 88.4 Å². The number of nitrogens with zero attached hydrogens (tertiary/aromatic N) is 3. The van der Waals surface area contributed by atoms with Crippen LogP contribution in [-0.2, 0) is 0 Å². The van der Waals surface area contributed by atoms with Crippen molar-refractivity contribution in [2.45, 2.75) is 20.3 Å². The Hall–Kier alpha value is -3.26. The Morgan fingerprint density at radius 3 is 2.66 bits per heavy atom. The fraction of sp³-hybridized carbons (Fsp3) is 0.238. The van der Waals surface area contributed by atoms with Gasteiger partial charge < -0.3 is 10.6 Å². The van der Waals surface area contributed by atoms with Gasteiger partial charge in [0.2, 0.25) is 10.1 Å². The Bertz CT molecular complexity index is 1230. The summed E-state index contributed by atoms with van der Waals surface area (Å²) in [5.41, 5.74) is 1.84. The van der Waals surface area contributed by atoms with Gasteiger partial charge >= 0.3 is 0 Å². The molecule has 2 N–H and O–H groups in total. The lowest BCUT2D eigenvalue weighted by atomic mass is 10.1. The molecule has 29 heavy (non-hydrogen) atoms. The normalized spacial score (nSPS) is 11.3. The van der Waals surface area contributed by atoms with E-state index in [1.54, 1.807) is 18.2 Å². The first-order chi connectivity index (χ1) is 14.0. The Morgan fingerprint density at radius 1 is 1.14 bits per heavy atom. The van der Waals surface area contributed by atoms with Crippen LogP contribution < -0.4 is 16.2 Å². The van der Waals surface area contributed by atoms with Gasteiger partial charge in [-0.2, -0.15) is 4.52 Å². The van der Waals surface area contributed by atoms with E-state index in [1.807, 2.05) is 30.3 Å². The van der Waals surface area contributed by atoms with Crippen LogP contribution in [0.2, 0.25) is 0 Å². The van der Waals surface area contributed by atoms with Crippen LogP contribution >= 0.6 is 11.3 Å². The summed E-state index contributed by atoms with van der Waals surface area (Å²) in [5.74, 6) is 0.468. The lowest BCUT2D eigenvalue weighted by Gasteiger charge is -2.08. The van der Waals surface area contributed by atoms with E-state index in [0.29, 0.717) is 39.0 Å². The van der Waals surface area contributed by atoms with E-state index in [1.165, 1.54) is 15.9 Å². The molecule has 0 spiro atoms. The molecular formula is C21H21N5O2S. The van der Waals surface area contributed by atoms with Crippen molar-refractivity contribution in [3.05, 3.63) is 64.4 Å². The summed E-state index contributed by atoms with van der Waals surface area (Å²) in [6.45, 7) is 4.92. The van der Waals surface area contributed by atoms with Crippen molar-refractivity contribution < 1.29 is 4.79 Å². The molecule has 0 fully saturated rings. The summed E-state index contributed by atoms with van der Waals surface area (Å²) in [5, 5.41) is 11.5. The molecule has 0 unspecified atom stereocenters. The van der Waals surface area contributed by atoms with Crippen LogP contribution in [-0.4, -0.2) is 27.0 Å². The van der Waals surface area contributed by atoms with E-state index >= 15 is 0 Å². The van der Waals surface area contributed by atoms with Crippen LogP contribution in [0.4, 0.5) is 10.8 Å². The predicted octanol–water partition coefficient (Wildman–Crippen LogP) is 3.82. The molecule has 0 aliphatic heterocycles. The summed E-state index contributed by atoms with van der Waals surface area (Å²) in [6.07, 6.45) is 0.950. The molecule has 8 heteroatoms. The number of rotatable bonds is 6. The zero-order valence-electron chi connectivity index (χ0n) is 16.2. The summed E-state index contributed by atoms with van der Waals surface area (Å²) >= 11 is 1.30. The summed E-state index contributed by atoms with van der Waals surface area (Å²) in [7, 11) is 0. The molecule has 0 radical (unpaired) electrons. The molecule has 2 heterocycles. The number of benzene rings is 2. The molecule has 2 aromatic carbocycles. The van der Waals surface area contributed by atoms with Gasteiger partial charge in [-0.1, -0.05) is 37.3 Å². The third-order valence-electron chi connectivity index (χ3n) is 4.51. The molecule has 1 amide bonds. The minimum atomic E-state index is -0.191. The number of hydrogen-bond acceptors (Lipinski definition) is 6. The standard InChI is InChI=1S/C21H21N5O2S/c1-13(2)11-12-22-18(27)14-7-9-15(10-8-14)23-20-25-26-19(28)16-5-3-4-6-17(16)24-21(26)29-20/h3-10,13H,11-12H2,1-2H3,(H,22,27)(H,23,25). The Labute approximate surface area is 171 Å². The van der Waals surface area contributed by atoms with Crippen LogP contribution in [0.25, 0.3) is 15.9 Å². The van der Waals surface area contributed by atoms with E-state index in [0.717, 1.165) is 12.1 Å². The smallest absolute Gasteiger partial charge is 0.283 e. The molecule has 0 aliphatic rings. The highest BCUT2D eigenvalue weighted by atomic mass is 32.1. The van der Waals surface area contributed by atoms with E-state index < -0.39 is 0 Å². The Morgan fingerprint density at radius 2 is 1.90 bits per heavy atom. The van der Waals surface area contributed by atoms with Crippen molar-refractivity contribution in [1.82, 2.24) is 19.9 Å². The molecule has 0 bridgehead atoms. The number of hydrogen-bond donors (Lipinski definition) is 2. The average molecular weight is 407 g/mol. The molecule has 0 saturated heterocycles. The van der Waals surface area contributed by atoms with Gasteiger partial charge in [-0.05, 0) is 48.7 Å². The molecule has 2 aromatic heterocycles. The van der Waals surface area contributed by atoms with Crippen molar-refractivity contribution >= 4 is 43.9 Å². The van der Waals surface area contributed by atoms with Gasteiger partial charge in [0.1, 0.15) is 0 Å². The van der Waals surface area contributed by atoms with E-state index in [2.05, 4.69) is 34.6 Å². The van der Waals surface area contributed by atoms with E-state index in [9.17, 15) is 9.59 Å². The summed E-state index contributed by atoms with van der Waals surface area (Å²) < 4.78 is 1.31.